The van der Waals surface area contributed by atoms with E-state index in [1.807, 2.05) is 6.07 Å². The normalized spacial score (nSPS) is 17.8. The number of anilines is 1. The monoisotopic (exact) mass is 262 g/mol. The Hall–Kier alpha value is -1.06. The number of benzene rings is 1. The molecule has 1 fully saturated rings. The highest BCUT2D eigenvalue weighted by Crippen LogP contribution is 2.23. The van der Waals surface area contributed by atoms with Crippen LogP contribution in [0.15, 0.2) is 18.2 Å². The lowest BCUT2D eigenvalue weighted by molar-refractivity contribution is 0.128. The van der Waals surface area contributed by atoms with Gasteiger partial charge in [0, 0.05) is 37.4 Å². The largest absolute Gasteiger partial charge is 0.392 e. The van der Waals surface area contributed by atoms with E-state index in [-0.39, 0.29) is 12.1 Å². The first-order valence-electron chi connectivity index (χ1n) is 7.12. The van der Waals surface area contributed by atoms with Crippen molar-refractivity contribution in [2.45, 2.75) is 39.8 Å². The predicted molar refractivity (Wildman–Crippen MR) is 80.6 cm³/mol. The van der Waals surface area contributed by atoms with Gasteiger partial charge in [0.25, 0.3) is 0 Å². The highest BCUT2D eigenvalue weighted by molar-refractivity contribution is 5.51. The molecule has 3 nitrogen and oxygen atoms in total. The van der Waals surface area contributed by atoms with E-state index < -0.39 is 0 Å². The molecule has 0 aliphatic carbocycles. The van der Waals surface area contributed by atoms with Crippen molar-refractivity contribution in [1.29, 1.82) is 0 Å². The van der Waals surface area contributed by atoms with Gasteiger partial charge >= 0.3 is 0 Å². The Labute approximate surface area is 116 Å². The zero-order chi connectivity index (χ0) is 14.0. The molecule has 0 unspecified atom stereocenters. The van der Waals surface area contributed by atoms with E-state index in [4.69, 9.17) is 0 Å². The zero-order valence-electron chi connectivity index (χ0n) is 12.6. The lowest BCUT2D eigenvalue weighted by atomic mass is 10.0. The van der Waals surface area contributed by atoms with Gasteiger partial charge in [-0.25, -0.2) is 0 Å². The van der Waals surface area contributed by atoms with Crippen LogP contribution >= 0.6 is 0 Å². The summed E-state index contributed by atoms with van der Waals surface area (Å²) in [6, 6.07) is 6.37. The molecule has 1 aliphatic rings. The molecule has 0 amide bonds. The number of nitrogens with zero attached hydrogens (tertiary/aromatic N) is 2. The van der Waals surface area contributed by atoms with Crippen molar-refractivity contribution in [3.05, 3.63) is 29.3 Å². The molecular formula is C16H26N2O. The third kappa shape index (κ3) is 3.28. The maximum Gasteiger partial charge on any atom is 0.0684 e. The number of hydrogen-bond donors (Lipinski definition) is 1. The van der Waals surface area contributed by atoms with E-state index in [0.717, 1.165) is 31.7 Å². The van der Waals surface area contributed by atoms with Gasteiger partial charge in [-0.05, 0) is 51.0 Å². The minimum absolute atomic E-state index is 0.129. The van der Waals surface area contributed by atoms with Gasteiger partial charge in [0.2, 0.25) is 0 Å². The summed E-state index contributed by atoms with van der Waals surface area (Å²) in [6.07, 6.45) is 0. The maximum absolute atomic E-state index is 9.22. The zero-order valence-corrected chi connectivity index (χ0v) is 12.6. The maximum atomic E-state index is 9.22. The highest BCUT2D eigenvalue weighted by Gasteiger charge is 2.25. The molecule has 1 aromatic carbocycles. The van der Waals surface area contributed by atoms with Crippen LogP contribution in [-0.2, 0) is 6.61 Å². The van der Waals surface area contributed by atoms with Crippen molar-refractivity contribution in [2.24, 2.45) is 0 Å². The number of piperazine rings is 1. The summed E-state index contributed by atoms with van der Waals surface area (Å²) in [7, 11) is 0. The van der Waals surface area contributed by atoms with Gasteiger partial charge in [-0.15, -0.1) is 0 Å². The Morgan fingerprint density at radius 1 is 1.11 bits per heavy atom. The van der Waals surface area contributed by atoms with E-state index >= 15 is 0 Å². The quantitative estimate of drug-likeness (QED) is 0.886. The van der Waals surface area contributed by atoms with E-state index in [1.54, 1.807) is 0 Å². The Balaban J connectivity index is 2.04. The van der Waals surface area contributed by atoms with Gasteiger partial charge in [-0.1, -0.05) is 6.07 Å². The molecule has 19 heavy (non-hydrogen) atoms. The number of aliphatic hydroxyl groups excluding tert-OH is 1. The van der Waals surface area contributed by atoms with E-state index in [0.29, 0.717) is 0 Å². The number of rotatable bonds is 2. The molecule has 0 bridgehead atoms. The van der Waals surface area contributed by atoms with Crippen molar-refractivity contribution < 1.29 is 5.11 Å². The molecule has 0 saturated carbocycles. The van der Waals surface area contributed by atoms with E-state index in [1.165, 1.54) is 11.3 Å². The van der Waals surface area contributed by atoms with Crippen LogP contribution in [-0.4, -0.2) is 41.7 Å². The minimum atomic E-state index is 0.129. The van der Waals surface area contributed by atoms with Gasteiger partial charge < -0.3 is 10.0 Å². The second-order valence-electron chi connectivity index (χ2n) is 6.41. The van der Waals surface area contributed by atoms with Crippen LogP contribution in [0.1, 0.15) is 31.9 Å². The first kappa shape index (κ1) is 14.4. The second-order valence-corrected chi connectivity index (χ2v) is 6.41. The summed E-state index contributed by atoms with van der Waals surface area (Å²) in [4.78, 5) is 4.98. The predicted octanol–water partition coefficient (Wildman–Crippen LogP) is 2.41. The fourth-order valence-corrected chi connectivity index (χ4v) is 2.69. The molecule has 1 aromatic rings. The van der Waals surface area contributed by atoms with E-state index in [2.05, 4.69) is 49.6 Å². The molecule has 0 spiro atoms. The van der Waals surface area contributed by atoms with E-state index in [9.17, 15) is 5.11 Å². The summed E-state index contributed by atoms with van der Waals surface area (Å²) in [6.45, 7) is 13.4. The topological polar surface area (TPSA) is 26.7 Å². The first-order valence-corrected chi connectivity index (χ1v) is 7.12. The molecule has 1 heterocycles. The molecule has 0 atom stereocenters. The van der Waals surface area contributed by atoms with Crippen molar-refractivity contribution in [3.8, 4) is 0 Å². The number of aliphatic hydroxyl groups is 1. The van der Waals surface area contributed by atoms with Gasteiger partial charge in [0.15, 0.2) is 0 Å². The molecule has 3 heteroatoms. The van der Waals surface area contributed by atoms with Crippen LogP contribution in [0.3, 0.4) is 0 Å². The van der Waals surface area contributed by atoms with Crippen LogP contribution in [0.2, 0.25) is 0 Å². The van der Waals surface area contributed by atoms with Crippen LogP contribution in [0.4, 0.5) is 5.69 Å². The van der Waals surface area contributed by atoms with Gasteiger partial charge in [0.1, 0.15) is 0 Å². The Bertz CT molecular complexity index is 429. The molecule has 0 aromatic heterocycles. The number of hydrogen-bond acceptors (Lipinski definition) is 3. The number of aryl methyl sites for hydroxylation is 1. The molecule has 1 saturated heterocycles. The van der Waals surface area contributed by atoms with Crippen LogP contribution < -0.4 is 4.90 Å². The van der Waals surface area contributed by atoms with Gasteiger partial charge in [-0.2, -0.15) is 0 Å². The first-order chi connectivity index (χ1) is 8.91. The molecule has 1 aliphatic heterocycles. The van der Waals surface area contributed by atoms with Crippen molar-refractivity contribution in [1.82, 2.24) is 4.90 Å². The fraction of sp³-hybridized carbons (Fsp3) is 0.625. The average molecular weight is 262 g/mol. The summed E-state index contributed by atoms with van der Waals surface area (Å²) in [5, 5.41) is 9.22. The van der Waals surface area contributed by atoms with Crippen LogP contribution in [0.5, 0.6) is 0 Å². The minimum Gasteiger partial charge on any atom is -0.392 e. The Morgan fingerprint density at radius 3 is 2.21 bits per heavy atom. The van der Waals surface area contributed by atoms with Crippen LogP contribution in [0, 0.1) is 6.92 Å². The summed E-state index contributed by atoms with van der Waals surface area (Å²) < 4.78 is 0. The molecule has 106 valence electrons. The Kier molecular flexibility index (Phi) is 4.16. The molecule has 0 radical (unpaired) electrons. The van der Waals surface area contributed by atoms with Crippen LogP contribution in [0.25, 0.3) is 0 Å². The average Bonchev–Trinajstić information content (AvgIpc) is 2.38. The smallest absolute Gasteiger partial charge is 0.0684 e. The highest BCUT2D eigenvalue weighted by atomic mass is 16.3. The third-order valence-corrected chi connectivity index (χ3v) is 4.09. The van der Waals surface area contributed by atoms with Crippen molar-refractivity contribution in [2.75, 3.05) is 31.1 Å². The second kappa shape index (κ2) is 5.51. The molecular weight excluding hydrogens is 236 g/mol. The summed E-state index contributed by atoms with van der Waals surface area (Å²) in [5.41, 5.74) is 3.75. The van der Waals surface area contributed by atoms with Gasteiger partial charge in [-0.3, -0.25) is 4.90 Å². The fourth-order valence-electron chi connectivity index (χ4n) is 2.69. The standard InChI is InChI=1S/C16H26N2O/c1-13-11-15(6-5-14(13)12-19)17-7-9-18(10-8-17)16(2,3)4/h5-6,11,19H,7-10,12H2,1-4H3. The third-order valence-electron chi connectivity index (χ3n) is 4.09. The molecule has 1 N–H and O–H groups in total. The van der Waals surface area contributed by atoms with Crippen molar-refractivity contribution in [3.63, 3.8) is 0 Å². The summed E-state index contributed by atoms with van der Waals surface area (Å²) >= 11 is 0. The SMILES string of the molecule is Cc1cc(N2CCN(C(C)(C)C)CC2)ccc1CO. The van der Waals surface area contributed by atoms with Crippen molar-refractivity contribution >= 4 is 5.69 Å². The summed E-state index contributed by atoms with van der Waals surface area (Å²) in [5.74, 6) is 0. The van der Waals surface area contributed by atoms with Gasteiger partial charge in [0.05, 0.1) is 6.61 Å². The lowest BCUT2D eigenvalue weighted by Gasteiger charge is -2.43. The Morgan fingerprint density at radius 2 is 1.74 bits per heavy atom. The molecule has 2 rings (SSSR count). The lowest BCUT2D eigenvalue weighted by Crippen LogP contribution is -2.53.